The van der Waals surface area contributed by atoms with E-state index in [1.807, 2.05) is 17.5 Å². The van der Waals surface area contributed by atoms with Gasteiger partial charge < -0.3 is 19.2 Å². The molecule has 8 heteroatoms. The zero-order valence-electron chi connectivity index (χ0n) is 17.2. The molecule has 0 radical (unpaired) electrons. The molecule has 6 nitrogen and oxygen atoms in total. The van der Waals surface area contributed by atoms with E-state index in [9.17, 15) is 14.7 Å². The zero-order valence-corrected chi connectivity index (χ0v) is 18.8. The standard InChI is InChI=1S/C23H22ClNO5S/c1-3-4-5-8-25-19(17-7-6-9-31-17)18(21(27)23(25)28)20(26)15-11-13-10-14(24)12-16(29-2)22(13)30-15/h6-7,9-12,19,27H,3-5,8H2,1-2H3. The van der Waals surface area contributed by atoms with Gasteiger partial charge in [0.05, 0.1) is 18.7 Å². The van der Waals surface area contributed by atoms with Crippen molar-refractivity contribution in [2.45, 2.75) is 32.2 Å². The molecule has 0 aliphatic carbocycles. The number of benzene rings is 1. The summed E-state index contributed by atoms with van der Waals surface area (Å²) in [5.74, 6) is -1.17. The van der Waals surface area contributed by atoms with E-state index in [1.54, 1.807) is 23.1 Å². The maximum Gasteiger partial charge on any atom is 0.290 e. The maximum atomic E-state index is 13.5. The van der Waals surface area contributed by atoms with Gasteiger partial charge in [-0.2, -0.15) is 0 Å². The summed E-state index contributed by atoms with van der Waals surface area (Å²) in [5.41, 5.74) is 0.417. The molecule has 4 rings (SSSR count). The van der Waals surface area contributed by atoms with Gasteiger partial charge in [0, 0.05) is 27.9 Å². The van der Waals surface area contributed by atoms with E-state index in [4.69, 9.17) is 20.8 Å². The van der Waals surface area contributed by atoms with Gasteiger partial charge in [-0.25, -0.2) is 0 Å². The Morgan fingerprint density at radius 1 is 1.32 bits per heavy atom. The van der Waals surface area contributed by atoms with Crippen LogP contribution < -0.4 is 4.74 Å². The van der Waals surface area contributed by atoms with Crippen molar-refractivity contribution in [2.75, 3.05) is 13.7 Å². The zero-order chi connectivity index (χ0) is 22.1. The van der Waals surface area contributed by atoms with Crippen LogP contribution in [0.15, 0.2) is 51.5 Å². The molecule has 1 aliphatic rings. The molecule has 31 heavy (non-hydrogen) atoms. The number of hydrogen-bond acceptors (Lipinski definition) is 6. The van der Waals surface area contributed by atoms with Crippen molar-refractivity contribution in [3.8, 4) is 5.75 Å². The third kappa shape index (κ3) is 3.83. The van der Waals surface area contributed by atoms with E-state index in [0.717, 1.165) is 24.1 Å². The number of unbranched alkanes of at least 4 members (excludes halogenated alkanes) is 2. The second-order valence-corrected chi connectivity index (χ2v) is 8.77. The molecule has 1 aromatic carbocycles. The number of amides is 1. The number of aliphatic hydroxyl groups excluding tert-OH is 1. The average molecular weight is 460 g/mol. The fraction of sp³-hybridized carbons (Fsp3) is 0.304. The number of methoxy groups -OCH3 is 1. The number of halogens is 1. The number of fused-ring (bicyclic) bond motifs is 1. The topological polar surface area (TPSA) is 80.0 Å². The summed E-state index contributed by atoms with van der Waals surface area (Å²) in [4.78, 5) is 28.7. The van der Waals surface area contributed by atoms with Gasteiger partial charge in [-0.15, -0.1) is 11.3 Å². The quantitative estimate of drug-likeness (QED) is 0.334. The summed E-state index contributed by atoms with van der Waals surface area (Å²) in [6.45, 7) is 2.54. The number of nitrogens with zero attached hydrogens (tertiary/aromatic N) is 1. The first-order chi connectivity index (χ1) is 15.0. The van der Waals surface area contributed by atoms with Crippen LogP contribution in [-0.2, 0) is 4.79 Å². The van der Waals surface area contributed by atoms with Crippen LogP contribution >= 0.6 is 22.9 Å². The average Bonchev–Trinajstić information content (AvgIpc) is 3.47. The molecule has 1 atom stereocenters. The number of aliphatic hydroxyl groups is 1. The van der Waals surface area contributed by atoms with Crippen LogP contribution in [0.3, 0.4) is 0 Å². The van der Waals surface area contributed by atoms with Gasteiger partial charge in [0.25, 0.3) is 5.91 Å². The Balaban J connectivity index is 1.76. The molecule has 1 aliphatic heterocycles. The monoisotopic (exact) mass is 459 g/mol. The van der Waals surface area contributed by atoms with E-state index < -0.39 is 23.5 Å². The largest absolute Gasteiger partial charge is 0.503 e. The predicted molar refractivity (Wildman–Crippen MR) is 120 cm³/mol. The molecule has 0 spiro atoms. The van der Waals surface area contributed by atoms with Crippen LogP contribution in [0.4, 0.5) is 0 Å². The van der Waals surface area contributed by atoms with E-state index in [1.165, 1.54) is 18.4 Å². The molecule has 1 N–H and O–H groups in total. The molecular formula is C23H22ClNO5S. The van der Waals surface area contributed by atoms with Crippen molar-refractivity contribution >= 4 is 45.6 Å². The number of carbonyl (C=O) groups excluding carboxylic acids is 2. The molecule has 0 fully saturated rings. The normalized spacial score (nSPS) is 16.5. The van der Waals surface area contributed by atoms with Crippen LogP contribution in [0.25, 0.3) is 11.0 Å². The number of ether oxygens (including phenoxy) is 1. The minimum atomic E-state index is -0.643. The van der Waals surface area contributed by atoms with Crippen molar-refractivity contribution in [2.24, 2.45) is 0 Å². The molecule has 1 unspecified atom stereocenters. The number of Topliss-reactive ketones (excluding diaryl/α,β-unsaturated/α-hetero) is 1. The molecular weight excluding hydrogens is 438 g/mol. The Morgan fingerprint density at radius 3 is 2.81 bits per heavy atom. The highest BCUT2D eigenvalue weighted by Crippen LogP contribution is 2.42. The summed E-state index contributed by atoms with van der Waals surface area (Å²) >= 11 is 7.56. The lowest BCUT2D eigenvalue weighted by molar-refractivity contribution is -0.129. The lowest BCUT2D eigenvalue weighted by atomic mass is 10.00. The van der Waals surface area contributed by atoms with Crippen molar-refractivity contribution in [3.05, 3.63) is 62.7 Å². The Morgan fingerprint density at radius 2 is 2.13 bits per heavy atom. The van der Waals surface area contributed by atoms with Crippen molar-refractivity contribution in [1.29, 1.82) is 0 Å². The van der Waals surface area contributed by atoms with E-state index in [2.05, 4.69) is 6.92 Å². The van der Waals surface area contributed by atoms with Crippen LogP contribution in [0.1, 0.15) is 47.7 Å². The molecule has 2 aromatic heterocycles. The Kier molecular flexibility index (Phi) is 6.07. The van der Waals surface area contributed by atoms with Gasteiger partial charge in [0.2, 0.25) is 5.78 Å². The third-order valence-electron chi connectivity index (χ3n) is 5.35. The fourth-order valence-electron chi connectivity index (χ4n) is 3.87. The first kappa shape index (κ1) is 21.5. The van der Waals surface area contributed by atoms with E-state index >= 15 is 0 Å². The van der Waals surface area contributed by atoms with E-state index in [-0.39, 0.29) is 11.3 Å². The van der Waals surface area contributed by atoms with Crippen LogP contribution in [-0.4, -0.2) is 35.4 Å². The van der Waals surface area contributed by atoms with Crippen LogP contribution in [0.5, 0.6) is 5.75 Å². The van der Waals surface area contributed by atoms with Crippen molar-refractivity contribution in [1.82, 2.24) is 4.90 Å². The Hall–Kier alpha value is -2.77. The predicted octanol–water partition coefficient (Wildman–Crippen LogP) is 5.92. The number of carbonyl (C=O) groups is 2. The Labute approximate surface area is 188 Å². The summed E-state index contributed by atoms with van der Waals surface area (Å²) in [6, 6.07) is 7.91. The molecule has 0 saturated heterocycles. The smallest absolute Gasteiger partial charge is 0.290 e. The first-order valence-electron chi connectivity index (χ1n) is 10.1. The number of hydrogen-bond donors (Lipinski definition) is 1. The maximum absolute atomic E-state index is 13.5. The second-order valence-electron chi connectivity index (χ2n) is 7.35. The summed E-state index contributed by atoms with van der Waals surface area (Å²) < 4.78 is 11.1. The summed E-state index contributed by atoms with van der Waals surface area (Å²) in [6.07, 6.45) is 2.74. The van der Waals surface area contributed by atoms with Crippen molar-refractivity contribution in [3.63, 3.8) is 0 Å². The van der Waals surface area contributed by atoms with Crippen molar-refractivity contribution < 1.29 is 23.8 Å². The number of ketones is 1. The summed E-state index contributed by atoms with van der Waals surface area (Å²) in [7, 11) is 1.49. The lowest BCUT2D eigenvalue weighted by Gasteiger charge is -2.25. The summed E-state index contributed by atoms with van der Waals surface area (Å²) in [5, 5.41) is 13.6. The molecule has 3 aromatic rings. The fourth-order valence-corrected chi connectivity index (χ4v) is 4.94. The van der Waals surface area contributed by atoms with E-state index in [0.29, 0.717) is 28.3 Å². The van der Waals surface area contributed by atoms with Gasteiger partial charge in [0.1, 0.15) is 0 Å². The highest BCUT2D eigenvalue weighted by molar-refractivity contribution is 7.10. The Bertz CT molecular complexity index is 1160. The molecule has 0 bridgehead atoms. The van der Waals surface area contributed by atoms with Gasteiger partial charge in [-0.1, -0.05) is 37.4 Å². The van der Waals surface area contributed by atoms with Crippen LogP contribution in [0, 0.1) is 0 Å². The second kappa shape index (κ2) is 8.77. The minimum Gasteiger partial charge on any atom is -0.503 e. The molecule has 0 saturated carbocycles. The van der Waals surface area contributed by atoms with Crippen LogP contribution in [0.2, 0.25) is 5.02 Å². The van der Waals surface area contributed by atoms with Gasteiger partial charge in [-0.05, 0) is 30.0 Å². The minimum absolute atomic E-state index is 0.0156. The highest BCUT2D eigenvalue weighted by Gasteiger charge is 2.44. The number of rotatable bonds is 8. The van der Waals surface area contributed by atoms with Gasteiger partial charge in [-0.3, -0.25) is 9.59 Å². The molecule has 1 amide bonds. The SMILES string of the molecule is CCCCCN1C(=O)C(O)=C(C(=O)c2cc3cc(Cl)cc(OC)c3o2)C1c1cccs1. The third-order valence-corrected chi connectivity index (χ3v) is 6.50. The highest BCUT2D eigenvalue weighted by atomic mass is 35.5. The number of thiophene rings is 1. The lowest BCUT2D eigenvalue weighted by Crippen LogP contribution is -2.31. The molecule has 162 valence electrons. The number of furan rings is 1. The van der Waals surface area contributed by atoms with Gasteiger partial charge >= 0.3 is 0 Å². The van der Waals surface area contributed by atoms with Gasteiger partial charge in [0.15, 0.2) is 22.9 Å². The molecule has 3 heterocycles. The first-order valence-corrected chi connectivity index (χ1v) is 11.3.